The molecule has 1 fully saturated rings. The van der Waals surface area contributed by atoms with Crippen molar-refractivity contribution < 1.29 is 0 Å². The SMILES string of the molecule is CC.CCN1CCC(c2cnc[nH]2)CC1. The van der Waals surface area contributed by atoms with Gasteiger partial charge in [0.2, 0.25) is 0 Å². The van der Waals surface area contributed by atoms with Gasteiger partial charge in [-0.3, -0.25) is 0 Å². The van der Waals surface area contributed by atoms with Gasteiger partial charge < -0.3 is 9.88 Å². The quantitative estimate of drug-likeness (QED) is 0.812. The first-order chi connectivity index (χ1) is 7.40. The van der Waals surface area contributed by atoms with Crippen molar-refractivity contribution >= 4 is 0 Å². The van der Waals surface area contributed by atoms with Crippen molar-refractivity contribution in [2.75, 3.05) is 19.6 Å². The molecule has 1 aliphatic heterocycles. The number of hydrogen-bond acceptors (Lipinski definition) is 2. The molecule has 0 unspecified atom stereocenters. The number of rotatable bonds is 2. The molecule has 1 aromatic heterocycles. The normalized spacial score (nSPS) is 18.3. The minimum atomic E-state index is 0.713. The molecule has 0 aliphatic carbocycles. The second-order valence-electron chi connectivity index (χ2n) is 3.72. The summed E-state index contributed by atoms with van der Waals surface area (Å²) in [7, 11) is 0. The maximum absolute atomic E-state index is 4.07. The van der Waals surface area contributed by atoms with Crippen LogP contribution in [0, 0.1) is 0 Å². The molecule has 15 heavy (non-hydrogen) atoms. The molecule has 3 nitrogen and oxygen atoms in total. The zero-order chi connectivity index (χ0) is 11.1. The second-order valence-corrected chi connectivity index (χ2v) is 3.72. The lowest BCUT2D eigenvalue weighted by Crippen LogP contribution is -2.32. The van der Waals surface area contributed by atoms with Gasteiger partial charge in [-0.25, -0.2) is 4.98 Å². The fourth-order valence-electron chi connectivity index (χ4n) is 2.05. The monoisotopic (exact) mass is 209 g/mol. The predicted octanol–water partition coefficient (Wildman–Crippen LogP) is 2.64. The third kappa shape index (κ3) is 3.34. The highest BCUT2D eigenvalue weighted by Crippen LogP contribution is 2.25. The van der Waals surface area contributed by atoms with E-state index >= 15 is 0 Å². The van der Waals surface area contributed by atoms with Crippen LogP contribution in [0.25, 0.3) is 0 Å². The van der Waals surface area contributed by atoms with Crippen molar-refractivity contribution in [3.05, 3.63) is 18.2 Å². The Kier molecular flexibility index (Phi) is 5.40. The van der Waals surface area contributed by atoms with Gasteiger partial charge in [0, 0.05) is 17.8 Å². The molecule has 1 aliphatic rings. The van der Waals surface area contributed by atoms with E-state index in [-0.39, 0.29) is 0 Å². The molecule has 0 radical (unpaired) electrons. The maximum Gasteiger partial charge on any atom is 0.0921 e. The minimum Gasteiger partial charge on any atom is -0.348 e. The van der Waals surface area contributed by atoms with Gasteiger partial charge in [0.1, 0.15) is 0 Å². The molecule has 1 N–H and O–H groups in total. The van der Waals surface area contributed by atoms with Gasteiger partial charge in [0.15, 0.2) is 0 Å². The van der Waals surface area contributed by atoms with Gasteiger partial charge >= 0.3 is 0 Å². The maximum atomic E-state index is 4.07. The van der Waals surface area contributed by atoms with Crippen LogP contribution in [0.15, 0.2) is 12.5 Å². The van der Waals surface area contributed by atoms with Crippen LogP contribution in [-0.4, -0.2) is 34.5 Å². The van der Waals surface area contributed by atoms with Gasteiger partial charge in [-0.2, -0.15) is 0 Å². The van der Waals surface area contributed by atoms with Crippen LogP contribution in [0.1, 0.15) is 45.2 Å². The van der Waals surface area contributed by atoms with E-state index in [1.807, 2.05) is 20.0 Å². The minimum absolute atomic E-state index is 0.713. The van der Waals surface area contributed by atoms with E-state index in [0.717, 1.165) is 0 Å². The molecule has 0 spiro atoms. The number of imidazole rings is 1. The Bertz CT molecular complexity index is 235. The largest absolute Gasteiger partial charge is 0.348 e. The Hall–Kier alpha value is -0.830. The average Bonchev–Trinajstić information content (AvgIpc) is 2.85. The number of nitrogens with one attached hydrogen (secondary N) is 1. The summed E-state index contributed by atoms with van der Waals surface area (Å²) in [6.07, 6.45) is 6.29. The number of aromatic amines is 1. The molecule has 2 heterocycles. The first-order valence-electron chi connectivity index (χ1n) is 6.10. The molecule has 0 amide bonds. The van der Waals surface area contributed by atoms with Gasteiger partial charge in [-0.15, -0.1) is 0 Å². The molecule has 86 valence electrons. The molecule has 0 saturated carbocycles. The zero-order valence-corrected chi connectivity index (χ0v) is 10.2. The Morgan fingerprint density at radius 2 is 2.07 bits per heavy atom. The summed E-state index contributed by atoms with van der Waals surface area (Å²) in [6.45, 7) is 9.90. The number of piperidine rings is 1. The Balaban J connectivity index is 0.000000531. The van der Waals surface area contributed by atoms with Crippen LogP contribution < -0.4 is 0 Å². The predicted molar refractivity (Wildman–Crippen MR) is 64.0 cm³/mol. The topological polar surface area (TPSA) is 31.9 Å². The van der Waals surface area contributed by atoms with Crippen molar-refractivity contribution in [1.82, 2.24) is 14.9 Å². The van der Waals surface area contributed by atoms with E-state index in [2.05, 4.69) is 21.8 Å². The van der Waals surface area contributed by atoms with Crippen molar-refractivity contribution in [2.24, 2.45) is 0 Å². The van der Waals surface area contributed by atoms with Gasteiger partial charge in [0.05, 0.1) is 6.33 Å². The van der Waals surface area contributed by atoms with Crippen LogP contribution in [0.5, 0.6) is 0 Å². The van der Waals surface area contributed by atoms with E-state index in [0.29, 0.717) is 5.92 Å². The molecular formula is C12H23N3. The van der Waals surface area contributed by atoms with E-state index in [9.17, 15) is 0 Å². The molecule has 1 saturated heterocycles. The van der Waals surface area contributed by atoms with Gasteiger partial charge in [-0.1, -0.05) is 20.8 Å². The Labute approximate surface area is 92.9 Å². The number of nitrogens with zero attached hydrogens (tertiary/aromatic N) is 2. The summed E-state index contributed by atoms with van der Waals surface area (Å²) in [4.78, 5) is 9.78. The van der Waals surface area contributed by atoms with Crippen molar-refractivity contribution in [1.29, 1.82) is 0 Å². The Morgan fingerprint density at radius 1 is 1.40 bits per heavy atom. The number of H-pyrrole nitrogens is 1. The number of likely N-dealkylation sites (tertiary alicyclic amines) is 1. The van der Waals surface area contributed by atoms with Crippen LogP contribution in [-0.2, 0) is 0 Å². The van der Waals surface area contributed by atoms with E-state index in [4.69, 9.17) is 0 Å². The molecule has 0 aromatic carbocycles. The molecule has 2 rings (SSSR count). The smallest absolute Gasteiger partial charge is 0.0921 e. The fourth-order valence-corrected chi connectivity index (χ4v) is 2.05. The molecule has 0 bridgehead atoms. The van der Waals surface area contributed by atoms with Gasteiger partial charge in [0.25, 0.3) is 0 Å². The van der Waals surface area contributed by atoms with Crippen LogP contribution in [0.3, 0.4) is 0 Å². The summed E-state index contributed by atoms with van der Waals surface area (Å²) in [5.74, 6) is 0.713. The summed E-state index contributed by atoms with van der Waals surface area (Å²) in [5.41, 5.74) is 1.32. The summed E-state index contributed by atoms with van der Waals surface area (Å²) >= 11 is 0. The van der Waals surface area contributed by atoms with Crippen molar-refractivity contribution in [2.45, 2.75) is 39.5 Å². The van der Waals surface area contributed by atoms with Crippen LogP contribution >= 0.6 is 0 Å². The molecule has 1 aromatic rings. The first-order valence-corrected chi connectivity index (χ1v) is 6.10. The summed E-state index contributed by atoms with van der Waals surface area (Å²) in [6, 6.07) is 0. The lowest BCUT2D eigenvalue weighted by atomic mass is 9.94. The second kappa shape index (κ2) is 6.62. The van der Waals surface area contributed by atoms with Crippen LogP contribution in [0.2, 0.25) is 0 Å². The molecule has 0 atom stereocenters. The third-order valence-electron chi connectivity index (χ3n) is 2.99. The van der Waals surface area contributed by atoms with Crippen molar-refractivity contribution in [3.63, 3.8) is 0 Å². The van der Waals surface area contributed by atoms with E-state index < -0.39 is 0 Å². The lowest BCUT2D eigenvalue weighted by molar-refractivity contribution is 0.221. The highest BCUT2D eigenvalue weighted by atomic mass is 15.1. The zero-order valence-electron chi connectivity index (χ0n) is 10.2. The molecule has 3 heteroatoms. The summed E-state index contributed by atoms with van der Waals surface area (Å²) < 4.78 is 0. The fraction of sp³-hybridized carbons (Fsp3) is 0.750. The van der Waals surface area contributed by atoms with Gasteiger partial charge in [-0.05, 0) is 32.5 Å². The highest BCUT2D eigenvalue weighted by Gasteiger charge is 2.19. The number of aromatic nitrogens is 2. The third-order valence-corrected chi connectivity index (χ3v) is 2.99. The Morgan fingerprint density at radius 3 is 2.53 bits per heavy atom. The molecular weight excluding hydrogens is 186 g/mol. The summed E-state index contributed by atoms with van der Waals surface area (Å²) in [5, 5.41) is 0. The van der Waals surface area contributed by atoms with E-state index in [1.54, 1.807) is 6.33 Å². The average molecular weight is 209 g/mol. The number of hydrogen-bond donors (Lipinski definition) is 1. The lowest BCUT2D eigenvalue weighted by Gasteiger charge is -2.30. The van der Waals surface area contributed by atoms with Crippen LogP contribution in [0.4, 0.5) is 0 Å². The highest BCUT2D eigenvalue weighted by molar-refractivity contribution is 5.04. The van der Waals surface area contributed by atoms with Crippen molar-refractivity contribution in [3.8, 4) is 0 Å². The first kappa shape index (κ1) is 12.2. The standard InChI is InChI=1S/C10H17N3.C2H6/c1-2-13-5-3-9(4-6-13)10-7-11-8-12-10;1-2/h7-9H,2-6H2,1H3,(H,11,12);1-2H3. The van der Waals surface area contributed by atoms with E-state index in [1.165, 1.54) is 38.2 Å².